The van der Waals surface area contributed by atoms with Gasteiger partial charge in [-0.25, -0.2) is 9.78 Å². The van der Waals surface area contributed by atoms with Crippen LogP contribution in [-0.2, 0) is 9.53 Å². The summed E-state index contributed by atoms with van der Waals surface area (Å²) in [5.41, 5.74) is 2.03. The second-order valence-corrected chi connectivity index (χ2v) is 7.99. The third kappa shape index (κ3) is 5.54. The van der Waals surface area contributed by atoms with Crippen LogP contribution in [0.4, 0.5) is 0 Å². The Hall–Kier alpha value is -3.09. The minimum absolute atomic E-state index is 0.126. The van der Waals surface area contributed by atoms with Crippen LogP contribution in [0.1, 0.15) is 79.6 Å². The quantitative estimate of drug-likeness (QED) is 0.642. The molecule has 2 aromatic rings. The van der Waals surface area contributed by atoms with Gasteiger partial charge < -0.3 is 19.9 Å². The molecule has 0 spiro atoms. The number of aromatic hydroxyl groups is 1. The first kappa shape index (κ1) is 22.6. The van der Waals surface area contributed by atoms with Gasteiger partial charge in [-0.3, -0.25) is 4.79 Å². The lowest BCUT2D eigenvalue weighted by atomic mass is 9.84. The van der Waals surface area contributed by atoms with Crippen molar-refractivity contribution < 1.29 is 24.2 Å². The first-order valence-corrected chi connectivity index (χ1v) is 10.7. The summed E-state index contributed by atoms with van der Waals surface area (Å²) in [4.78, 5) is 28.7. The molecule has 31 heavy (non-hydrogen) atoms. The van der Waals surface area contributed by atoms with Crippen molar-refractivity contribution in [3.05, 3.63) is 53.3 Å². The van der Waals surface area contributed by atoms with E-state index in [1.54, 1.807) is 6.92 Å². The molecular weight excluding hydrogens is 396 g/mol. The molecule has 2 unspecified atom stereocenters. The SMILES string of the molecule is COc1ccnc(C(=O)NC(C)C(=O)OC(C)c2ccc(C3CCCCC3)cc2)c1O. The highest BCUT2D eigenvalue weighted by Gasteiger charge is 2.24. The molecule has 1 aliphatic carbocycles. The molecule has 2 atom stereocenters. The maximum atomic E-state index is 12.5. The third-order valence-electron chi connectivity index (χ3n) is 5.80. The number of benzene rings is 1. The van der Waals surface area contributed by atoms with Crippen molar-refractivity contribution in [1.82, 2.24) is 10.3 Å². The van der Waals surface area contributed by atoms with E-state index in [-0.39, 0.29) is 17.2 Å². The van der Waals surface area contributed by atoms with Crippen molar-refractivity contribution in [1.29, 1.82) is 0 Å². The molecule has 0 aliphatic heterocycles. The number of carbonyl (C=O) groups excluding carboxylic acids is 2. The third-order valence-corrected chi connectivity index (χ3v) is 5.80. The number of methoxy groups -OCH3 is 1. The molecule has 0 saturated heterocycles. The molecule has 0 radical (unpaired) electrons. The van der Waals surface area contributed by atoms with Gasteiger partial charge >= 0.3 is 5.97 Å². The average molecular weight is 427 g/mol. The maximum absolute atomic E-state index is 12.5. The Morgan fingerprint density at radius 2 is 1.77 bits per heavy atom. The molecular formula is C24H30N2O5. The lowest BCUT2D eigenvalue weighted by Crippen LogP contribution is -2.40. The van der Waals surface area contributed by atoms with E-state index in [2.05, 4.69) is 22.4 Å². The number of rotatable bonds is 7. The van der Waals surface area contributed by atoms with E-state index in [4.69, 9.17) is 9.47 Å². The van der Waals surface area contributed by atoms with Crippen LogP contribution in [0.5, 0.6) is 11.5 Å². The first-order valence-electron chi connectivity index (χ1n) is 10.7. The molecule has 166 valence electrons. The van der Waals surface area contributed by atoms with Gasteiger partial charge in [0, 0.05) is 12.3 Å². The second-order valence-electron chi connectivity index (χ2n) is 7.99. The normalized spacial score (nSPS) is 16.2. The summed E-state index contributed by atoms with van der Waals surface area (Å²) in [7, 11) is 1.37. The molecule has 7 nitrogen and oxygen atoms in total. The number of esters is 1. The molecule has 1 fully saturated rings. The van der Waals surface area contributed by atoms with E-state index >= 15 is 0 Å². The van der Waals surface area contributed by atoms with Crippen LogP contribution in [0.15, 0.2) is 36.5 Å². The number of nitrogens with one attached hydrogen (secondary N) is 1. The van der Waals surface area contributed by atoms with Crippen LogP contribution >= 0.6 is 0 Å². The molecule has 0 bridgehead atoms. The Balaban J connectivity index is 1.57. The van der Waals surface area contributed by atoms with E-state index in [0.29, 0.717) is 5.92 Å². The molecule has 1 saturated carbocycles. The monoisotopic (exact) mass is 426 g/mol. The van der Waals surface area contributed by atoms with Gasteiger partial charge in [-0.05, 0) is 43.7 Å². The Bertz CT molecular complexity index is 907. The van der Waals surface area contributed by atoms with Crippen molar-refractivity contribution in [2.24, 2.45) is 0 Å². The zero-order chi connectivity index (χ0) is 22.4. The van der Waals surface area contributed by atoms with Gasteiger partial charge in [-0.2, -0.15) is 0 Å². The predicted octanol–water partition coefficient (Wildman–Crippen LogP) is 4.27. The molecule has 1 amide bonds. The van der Waals surface area contributed by atoms with Gasteiger partial charge in [0.15, 0.2) is 17.2 Å². The largest absolute Gasteiger partial charge is 0.503 e. The molecule has 1 aliphatic rings. The average Bonchev–Trinajstić information content (AvgIpc) is 2.79. The lowest BCUT2D eigenvalue weighted by molar-refractivity contribution is -0.150. The summed E-state index contributed by atoms with van der Waals surface area (Å²) < 4.78 is 10.5. The smallest absolute Gasteiger partial charge is 0.328 e. The standard InChI is InChI=1S/C24H30N2O5/c1-15(26-23(28)21-22(27)20(30-3)13-14-25-21)24(29)31-16(2)17-9-11-19(12-10-17)18-7-5-4-6-8-18/h9-16,18,27H,4-8H2,1-3H3,(H,26,28). The van der Waals surface area contributed by atoms with Crippen molar-refractivity contribution >= 4 is 11.9 Å². The molecule has 1 aromatic heterocycles. The fourth-order valence-electron chi connectivity index (χ4n) is 3.91. The molecule has 3 rings (SSSR count). The van der Waals surface area contributed by atoms with Crippen LogP contribution in [0.25, 0.3) is 0 Å². The summed E-state index contributed by atoms with van der Waals surface area (Å²) in [6.45, 7) is 3.33. The van der Waals surface area contributed by atoms with Crippen LogP contribution in [0.2, 0.25) is 0 Å². The van der Waals surface area contributed by atoms with Crippen LogP contribution in [-0.4, -0.2) is 35.1 Å². The number of hydrogen-bond acceptors (Lipinski definition) is 6. The summed E-state index contributed by atoms with van der Waals surface area (Å²) in [6.07, 6.45) is 7.26. The number of carbonyl (C=O) groups is 2. The van der Waals surface area contributed by atoms with Gasteiger partial charge in [-0.1, -0.05) is 43.5 Å². The van der Waals surface area contributed by atoms with Gasteiger partial charge in [0.1, 0.15) is 12.1 Å². The minimum Gasteiger partial charge on any atom is -0.503 e. The van der Waals surface area contributed by atoms with Crippen molar-refractivity contribution in [2.75, 3.05) is 7.11 Å². The number of amides is 1. The van der Waals surface area contributed by atoms with Crippen LogP contribution in [0.3, 0.4) is 0 Å². The van der Waals surface area contributed by atoms with Crippen molar-refractivity contribution in [3.63, 3.8) is 0 Å². The van der Waals surface area contributed by atoms with E-state index in [0.717, 1.165) is 5.56 Å². The molecule has 7 heteroatoms. The van der Waals surface area contributed by atoms with Gasteiger partial charge in [0.25, 0.3) is 5.91 Å². The summed E-state index contributed by atoms with van der Waals surface area (Å²) in [6, 6.07) is 8.78. The summed E-state index contributed by atoms with van der Waals surface area (Å²) in [5, 5.41) is 12.6. The first-order chi connectivity index (χ1) is 14.9. The van der Waals surface area contributed by atoms with E-state index in [9.17, 15) is 14.7 Å². The van der Waals surface area contributed by atoms with E-state index in [1.807, 2.05) is 12.1 Å². The van der Waals surface area contributed by atoms with Gasteiger partial charge in [0.2, 0.25) is 0 Å². The number of hydrogen-bond donors (Lipinski definition) is 2. The molecule has 1 heterocycles. The highest BCUT2D eigenvalue weighted by molar-refractivity contribution is 5.97. The van der Waals surface area contributed by atoms with E-state index < -0.39 is 24.0 Å². The number of ether oxygens (including phenoxy) is 2. The highest BCUT2D eigenvalue weighted by atomic mass is 16.5. The lowest BCUT2D eigenvalue weighted by Gasteiger charge is -2.23. The minimum atomic E-state index is -0.913. The molecule has 2 N–H and O–H groups in total. The fourth-order valence-corrected chi connectivity index (χ4v) is 3.91. The summed E-state index contributed by atoms with van der Waals surface area (Å²) in [5.74, 6) is -0.891. The van der Waals surface area contributed by atoms with Gasteiger partial charge in [-0.15, -0.1) is 0 Å². The van der Waals surface area contributed by atoms with Crippen LogP contribution in [0, 0.1) is 0 Å². The van der Waals surface area contributed by atoms with Crippen LogP contribution < -0.4 is 10.1 Å². The maximum Gasteiger partial charge on any atom is 0.328 e. The Morgan fingerprint density at radius 3 is 2.42 bits per heavy atom. The van der Waals surface area contributed by atoms with Gasteiger partial charge in [0.05, 0.1) is 7.11 Å². The fraction of sp³-hybridized carbons (Fsp3) is 0.458. The molecule has 1 aromatic carbocycles. The van der Waals surface area contributed by atoms with Crippen molar-refractivity contribution in [2.45, 2.75) is 64.0 Å². The topological polar surface area (TPSA) is 97.8 Å². The zero-order valence-electron chi connectivity index (χ0n) is 18.3. The Morgan fingerprint density at radius 1 is 1.10 bits per heavy atom. The number of pyridine rings is 1. The van der Waals surface area contributed by atoms with E-state index in [1.165, 1.54) is 64.0 Å². The zero-order valence-corrected chi connectivity index (χ0v) is 18.3. The van der Waals surface area contributed by atoms with Crippen molar-refractivity contribution in [3.8, 4) is 11.5 Å². The highest BCUT2D eigenvalue weighted by Crippen LogP contribution is 2.33. The Labute approximate surface area is 182 Å². The predicted molar refractivity (Wildman–Crippen MR) is 116 cm³/mol. The second kappa shape index (κ2) is 10.3. The number of aromatic nitrogens is 1. The Kier molecular flexibility index (Phi) is 7.50. The summed E-state index contributed by atoms with van der Waals surface area (Å²) >= 11 is 0. The number of nitrogens with zero attached hydrogens (tertiary/aromatic N) is 1.